The van der Waals surface area contributed by atoms with Gasteiger partial charge in [0.05, 0.1) is 11.6 Å². The number of amides is 1. The Morgan fingerprint density at radius 3 is 2.75 bits per heavy atom. The van der Waals surface area contributed by atoms with Crippen molar-refractivity contribution in [2.24, 2.45) is 0 Å². The average Bonchev–Trinajstić information content (AvgIpc) is 2.17. The van der Waals surface area contributed by atoms with Gasteiger partial charge in [-0.3, -0.25) is 4.79 Å². The summed E-state index contributed by atoms with van der Waals surface area (Å²) >= 11 is 0. The molecule has 4 heteroatoms. The van der Waals surface area contributed by atoms with Crippen LogP contribution in [0.15, 0.2) is 0 Å². The third-order valence-electron chi connectivity index (χ3n) is 3.01. The van der Waals surface area contributed by atoms with E-state index in [9.17, 15) is 4.79 Å². The highest BCUT2D eigenvalue weighted by Gasteiger charge is 2.29. The average molecular weight is 228 g/mol. The van der Waals surface area contributed by atoms with Crippen LogP contribution in [-0.2, 0) is 9.53 Å². The van der Waals surface area contributed by atoms with Crippen LogP contribution in [0.2, 0.25) is 0 Å². The topological polar surface area (TPSA) is 50.4 Å². The van der Waals surface area contributed by atoms with Crippen molar-refractivity contribution in [1.82, 2.24) is 10.6 Å². The highest BCUT2D eigenvalue weighted by atomic mass is 16.5. The highest BCUT2D eigenvalue weighted by molar-refractivity contribution is 5.85. The minimum absolute atomic E-state index is 0.0773. The maximum atomic E-state index is 12.0. The summed E-state index contributed by atoms with van der Waals surface area (Å²) in [5, 5.41) is 6.27. The van der Waals surface area contributed by atoms with E-state index in [1.54, 1.807) is 0 Å². The van der Waals surface area contributed by atoms with E-state index in [1.807, 2.05) is 27.7 Å². The van der Waals surface area contributed by atoms with Gasteiger partial charge in [0.15, 0.2) is 0 Å². The van der Waals surface area contributed by atoms with Crippen molar-refractivity contribution >= 4 is 5.91 Å². The molecule has 1 saturated heterocycles. The summed E-state index contributed by atoms with van der Waals surface area (Å²) in [7, 11) is 0. The molecule has 1 aliphatic rings. The smallest absolute Gasteiger partial charge is 0.239 e. The molecule has 1 amide bonds. The second-order valence-corrected chi connectivity index (χ2v) is 5.03. The number of likely N-dealkylation sites (N-methyl/N-ethyl adjacent to an activating group) is 1. The zero-order valence-electron chi connectivity index (χ0n) is 10.8. The van der Waals surface area contributed by atoms with Gasteiger partial charge in [-0.2, -0.15) is 0 Å². The number of carbonyl (C=O) groups excluding carboxylic acids is 1. The monoisotopic (exact) mass is 228 g/mol. The van der Waals surface area contributed by atoms with Crippen LogP contribution in [0.25, 0.3) is 0 Å². The largest absolute Gasteiger partial charge is 0.378 e. The molecular formula is C12H24N2O2. The molecule has 0 aliphatic carbocycles. The van der Waals surface area contributed by atoms with Crippen molar-refractivity contribution in [3.8, 4) is 0 Å². The Hall–Kier alpha value is -0.610. The molecule has 94 valence electrons. The summed E-state index contributed by atoms with van der Waals surface area (Å²) in [6.07, 6.45) is 2.08. The van der Waals surface area contributed by atoms with Crippen LogP contribution in [0.5, 0.6) is 0 Å². The van der Waals surface area contributed by atoms with Gasteiger partial charge in [0.25, 0.3) is 0 Å². The molecule has 2 unspecified atom stereocenters. The van der Waals surface area contributed by atoms with Crippen molar-refractivity contribution in [2.45, 2.75) is 58.2 Å². The molecule has 0 bridgehead atoms. The molecule has 0 aromatic heterocycles. The van der Waals surface area contributed by atoms with Gasteiger partial charge in [-0.15, -0.1) is 0 Å². The third-order valence-corrected chi connectivity index (χ3v) is 3.01. The molecule has 2 N–H and O–H groups in total. The van der Waals surface area contributed by atoms with Crippen molar-refractivity contribution in [2.75, 3.05) is 13.2 Å². The molecule has 0 aromatic carbocycles. The number of hydrogen-bond acceptors (Lipinski definition) is 3. The standard InChI is InChI=1S/C12H24N2O2/c1-5-13-12(3,4)11(15)14-10-6-7-16-9(2)8-10/h9-10,13H,5-8H2,1-4H3,(H,14,15). The van der Waals surface area contributed by atoms with Crippen LogP contribution in [0, 0.1) is 0 Å². The van der Waals surface area contributed by atoms with Gasteiger partial charge >= 0.3 is 0 Å². The molecule has 1 fully saturated rings. The summed E-state index contributed by atoms with van der Waals surface area (Å²) in [6, 6.07) is 0.259. The Balaban J connectivity index is 2.44. The van der Waals surface area contributed by atoms with Crippen LogP contribution in [0.4, 0.5) is 0 Å². The lowest BCUT2D eigenvalue weighted by molar-refractivity contribution is -0.128. The highest BCUT2D eigenvalue weighted by Crippen LogP contribution is 2.14. The Labute approximate surface area is 98.1 Å². The van der Waals surface area contributed by atoms with Gasteiger partial charge in [-0.25, -0.2) is 0 Å². The molecule has 0 spiro atoms. The lowest BCUT2D eigenvalue weighted by Gasteiger charge is -2.32. The first-order valence-electron chi connectivity index (χ1n) is 6.13. The summed E-state index contributed by atoms with van der Waals surface area (Å²) < 4.78 is 5.46. The summed E-state index contributed by atoms with van der Waals surface area (Å²) in [5.41, 5.74) is -0.490. The third kappa shape index (κ3) is 3.76. The summed E-state index contributed by atoms with van der Waals surface area (Å²) in [5.74, 6) is 0.0773. The van der Waals surface area contributed by atoms with Gasteiger partial charge in [0, 0.05) is 12.6 Å². The first-order valence-corrected chi connectivity index (χ1v) is 6.13. The zero-order chi connectivity index (χ0) is 12.2. The normalized spacial score (nSPS) is 26.5. The molecule has 0 radical (unpaired) electrons. The number of hydrogen-bond donors (Lipinski definition) is 2. The lowest BCUT2D eigenvalue weighted by Crippen LogP contribution is -2.55. The molecular weight excluding hydrogens is 204 g/mol. The minimum Gasteiger partial charge on any atom is -0.378 e. The van der Waals surface area contributed by atoms with E-state index in [-0.39, 0.29) is 18.1 Å². The molecule has 4 nitrogen and oxygen atoms in total. The molecule has 16 heavy (non-hydrogen) atoms. The van der Waals surface area contributed by atoms with E-state index < -0.39 is 5.54 Å². The second kappa shape index (κ2) is 5.64. The van der Waals surface area contributed by atoms with Gasteiger partial charge in [-0.1, -0.05) is 6.92 Å². The van der Waals surface area contributed by atoms with Crippen LogP contribution in [-0.4, -0.2) is 36.7 Å². The zero-order valence-corrected chi connectivity index (χ0v) is 10.8. The predicted molar refractivity (Wildman–Crippen MR) is 64.3 cm³/mol. The van der Waals surface area contributed by atoms with E-state index in [4.69, 9.17) is 4.74 Å². The first-order chi connectivity index (χ1) is 7.45. The predicted octanol–water partition coefficient (Wildman–Crippen LogP) is 1.06. The molecule has 1 aliphatic heterocycles. The van der Waals surface area contributed by atoms with E-state index in [1.165, 1.54) is 0 Å². The van der Waals surface area contributed by atoms with Crippen molar-refractivity contribution in [3.63, 3.8) is 0 Å². The fourth-order valence-electron chi connectivity index (χ4n) is 2.02. The fraction of sp³-hybridized carbons (Fsp3) is 0.917. The van der Waals surface area contributed by atoms with Gasteiger partial charge in [0.2, 0.25) is 5.91 Å². The second-order valence-electron chi connectivity index (χ2n) is 5.03. The Morgan fingerprint density at radius 2 is 2.19 bits per heavy atom. The maximum absolute atomic E-state index is 12.0. The SMILES string of the molecule is CCNC(C)(C)C(=O)NC1CCOC(C)C1. The van der Waals surface area contributed by atoms with Gasteiger partial charge in [-0.05, 0) is 40.2 Å². The molecule has 1 rings (SSSR count). The Morgan fingerprint density at radius 1 is 1.50 bits per heavy atom. The molecule has 2 atom stereocenters. The van der Waals surface area contributed by atoms with Crippen LogP contribution in [0.3, 0.4) is 0 Å². The van der Waals surface area contributed by atoms with Crippen LogP contribution in [0.1, 0.15) is 40.5 Å². The number of ether oxygens (including phenoxy) is 1. The first kappa shape index (κ1) is 13.5. The Bertz CT molecular complexity index is 241. The minimum atomic E-state index is -0.490. The van der Waals surface area contributed by atoms with Crippen molar-refractivity contribution in [3.05, 3.63) is 0 Å². The molecule has 0 aromatic rings. The van der Waals surface area contributed by atoms with E-state index in [0.717, 1.165) is 26.0 Å². The molecule has 0 saturated carbocycles. The Kier molecular flexibility index (Phi) is 4.74. The van der Waals surface area contributed by atoms with Gasteiger partial charge < -0.3 is 15.4 Å². The number of nitrogens with one attached hydrogen (secondary N) is 2. The van der Waals surface area contributed by atoms with Crippen molar-refractivity contribution in [1.29, 1.82) is 0 Å². The maximum Gasteiger partial charge on any atom is 0.239 e. The quantitative estimate of drug-likeness (QED) is 0.756. The van der Waals surface area contributed by atoms with E-state index in [2.05, 4.69) is 10.6 Å². The van der Waals surface area contributed by atoms with Gasteiger partial charge in [0.1, 0.15) is 0 Å². The summed E-state index contributed by atoms with van der Waals surface area (Å²) in [6.45, 7) is 9.42. The van der Waals surface area contributed by atoms with Crippen molar-refractivity contribution < 1.29 is 9.53 Å². The molecule has 1 heterocycles. The summed E-state index contributed by atoms with van der Waals surface area (Å²) in [4.78, 5) is 12.0. The van der Waals surface area contributed by atoms with Crippen LogP contribution >= 0.6 is 0 Å². The lowest BCUT2D eigenvalue weighted by atomic mass is 10.00. The number of carbonyl (C=O) groups is 1. The van der Waals surface area contributed by atoms with E-state index >= 15 is 0 Å². The fourth-order valence-corrected chi connectivity index (χ4v) is 2.02. The number of rotatable bonds is 4. The van der Waals surface area contributed by atoms with E-state index in [0.29, 0.717) is 0 Å². The van der Waals surface area contributed by atoms with Crippen LogP contribution < -0.4 is 10.6 Å².